The predicted molar refractivity (Wildman–Crippen MR) is 86.5 cm³/mol. The number of thioether (sulfide) groups is 1. The summed E-state index contributed by atoms with van der Waals surface area (Å²) in [6, 6.07) is 8.27. The highest BCUT2D eigenvalue weighted by molar-refractivity contribution is 9.10. The van der Waals surface area contributed by atoms with Gasteiger partial charge in [-0.15, -0.1) is 11.8 Å². The van der Waals surface area contributed by atoms with Crippen molar-refractivity contribution in [1.29, 1.82) is 0 Å². The Morgan fingerprint density at radius 2 is 2.15 bits per heavy atom. The Labute approximate surface area is 135 Å². The average Bonchev–Trinajstić information content (AvgIpc) is 2.47. The number of rotatable bonds is 3. The minimum atomic E-state index is 0.581. The van der Waals surface area contributed by atoms with Gasteiger partial charge in [-0.1, -0.05) is 28.1 Å². The van der Waals surface area contributed by atoms with Crippen LogP contribution in [0.4, 0.5) is 0 Å². The maximum absolute atomic E-state index is 5.42. The van der Waals surface area contributed by atoms with Gasteiger partial charge in [0.1, 0.15) is 10.5 Å². The van der Waals surface area contributed by atoms with Crippen molar-refractivity contribution < 1.29 is 4.74 Å². The van der Waals surface area contributed by atoms with Crippen LogP contribution in [0, 0.1) is 4.64 Å². The highest BCUT2D eigenvalue weighted by Gasteiger charge is 2.13. The molecular formula is C14H13BrN2OS2. The molecule has 0 aliphatic carbocycles. The van der Waals surface area contributed by atoms with E-state index in [2.05, 4.69) is 38.0 Å². The summed E-state index contributed by atoms with van der Waals surface area (Å²) in [5.74, 6) is 1.72. The first-order valence-corrected chi connectivity index (χ1v) is 8.48. The van der Waals surface area contributed by atoms with E-state index in [4.69, 9.17) is 17.0 Å². The Hall–Kier alpha value is -0.690. The van der Waals surface area contributed by atoms with E-state index in [0.717, 1.165) is 34.6 Å². The third-order valence-electron chi connectivity index (χ3n) is 3.09. The molecule has 0 amide bonds. The first kappa shape index (κ1) is 14.3. The lowest BCUT2D eigenvalue weighted by atomic mass is 10.1. The summed E-state index contributed by atoms with van der Waals surface area (Å²) in [5.41, 5.74) is 2.23. The zero-order chi connectivity index (χ0) is 13.9. The van der Waals surface area contributed by atoms with Crippen LogP contribution in [0.25, 0.3) is 0 Å². The molecule has 2 heterocycles. The van der Waals surface area contributed by atoms with Gasteiger partial charge < -0.3 is 9.72 Å². The van der Waals surface area contributed by atoms with Gasteiger partial charge in [-0.2, -0.15) is 0 Å². The zero-order valence-corrected chi connectivity index (χ0v) is 13.9. The second-order valence-corrected chi connectivity index (χ2v) is 6.84. The third-order valence-corrected chi connectivity index (χ3v) is 4.98. The van der Waals surface area contributed by atoms with Crippen molar-refractivity contribution in [3.63, 3.8) is 0 Å². The third kappa shape index (κ3) is 3.31. The number of aromatic amines is 1. The lowest BCUT2D eigenvalue weighted by molar-refractivity contribution is 0.108. The zero-order valence-electron chi connectivity index (χ0n) is 10.7. The predicted octanol–water partition coefficient (Wildman–Crippen LogP) is 4.27. The molecule has 6 heteroatoms. The van der Waals surface area contributed by atoms with Crippen LogP contribution in [-0.4, -0.2) is 16.6 Å². The Bertz CT molecular complexity index is 670. The lowest BCUT2D eigenvalue weighted by Gasteiger charge is -2.17. The van der Waals surface area contributed by atoms with E-state index in [1.807, 2.05) is 12.1 Å². The number of benzene rings is 1. The smallest absolute Gasteiger partial charge is 0.135 e. The number of aromatic nitrogens is 2. The van der Waals surface area contributed by atoms with E-state index in [-0.39, 0.29) is 0 Å². The maximum atomic E-state index is 5.42. The Kier molecular flexibility index (Phi) is 4.55. The molecule has 0 bridgehead atoms. The Morgan fingerprint density at radius 3 is 2.95 bits per heavy atom. The summed E-state index contributed by atoms with van der Waals surface area (Å²) in [6.45, 7) is 1.33. The monoisotopic (exact) mass is 368 g/mol. The van der Waals surface area contributed by atoms with Gasteiger partial charge >= 0.3 is 0 Å². The molecule has 0 saturated heterocycles. The van der Waals surface area contributed by atoms with E-state index < -0.39 is 0 Å². The van der Waals surface area contributed by atoms with Gasteiger partial charge in [0.05, 0.1) is 19.0 Å². The van der Waals surface area contributed by atoms with Gasteiger partial charge in [0.15, 0.2) is 0 Å². The van der Waals surface area contributed by atoms with Crippen LogP contribution in [0.3, 0.4) is 0 Å². The first-order chi connectivity index (χ1) is 9.72. The van der Waals surface area contributed by atoms with Crippen LogP contribution in [0.15, 0.2) is 33.6 Å². The normalized spacial score (nSPS) is 14.1. The minimum absolute atomic E-state index is 0.581. The van der Waals surface area contributed by atoms with Crippen molar-refractivity contribution in [2.24, 2.45) is 0 Å². The van der Waals surface area contributed by atoms with E-state index in [1.165, 1.54) is 10.6 Å². The number of fused-ring (bicyclic) bond motifs is 1. The minimum Gasteiger partial charge on any atom is -0.376 e. The highest BCUT2D eigenvalue weighted by Crippen LogP contribution is 2.24. The molecule has 0 radical (unpaired) electrons. The second-order valence-electron chi connectivity index (χ2n) is 4.49. The number of ether oxygens (including phenoxy) is 1. The molecular weight excluding hydrogens is 356 g/mol. The molecule has 104 valence electrons. The van der Waals surface area contributed by atoms with Crippen LogP contribution in [0.2, 0.25) is 0 Å². The number of halogens is 1. The molecule has 0 saturated carbocycles. The summed E-state index contributed by atoms with van der Waals surface area (Å²) in [4.78, 5) is 9.09. The summed E-state index contributed by atoms with van der Waals surface area (Å²) in [6.07, 6.45) is 0.886. The fourth-order valence-corrected chi connectivity index (χ4v) is 3.38. The number of hydrogen-bond acceptors (Lipinski definition) is 4. The van der Waals surface area contributed by atoms with Gasteiger partial charge in [0.25, 0.3) is 0 Å². The molecule has 0 atom stereocenters. The molecule has 0 unspecified atom stereocenters. The Morgan fingerprint density at radius 1 is 1.35 bits per heavy atom. The number of nitrogens with one attached hydrogen (secondary N) is 1. The summed E-state index contributed by atoms with van der Waals surface area (Å²) in [5, 5.41) is 0. The highest BCUT2D eigenvalue weighted by atomic mass is 79.9. The SMILES string of the molecule is S=c1nc(CSc2ccc(Br)cc2)[nH]c2c1COCC2. The molecule has 1 aromatic carbocycles. The average molecular weight is 369 g/mol. The first-order valence-electron chi connectivity index (χ1n) is 6.29. The molecule has 1 aromatic heterocycles. The molecule has 0 spiro atoms. The number of hydrogen-bond donors (Lipinski definition) is 1. The van der Waals surface area contributed by atoms with Gasteiger partial charge in [-0.25, -0.2) is 4.98 Å². The van der Waals surface area contributed by atoms with Crippen molar-refractivity contribution >= 4 is 39.9 Å². The van der Waals surface area contributed by atoms with Crippen molar-refractivity contribution in [3.8, 4) is 0 Å². The second kappa shape index (κ2) is 6.39. The van der Waals surface area contributed by atoms with E-state index in [1.54, 1.807) is 11.8 Å². The van der Waals surface area contributed by atoms with Gasteiger partial charge in [0, 0.05) is 27.0 Å². The quantitative estimate of drug-likeness (QED) is 0.648. The summed E-state index contributed by atoms with van der Waals surface area (Å²) in [7, 11) is 0. The molecule has 2 aromatic rings. The van der Waals surface area contributed by atoms with Crippen molar-refractivity contribution in [1.82, 2.24) is 9.97 Å². The lowest BCUT2D eigenvalue weighted by Crippen LogP contribution is -2.14. The summed E-state index contributed by atoms with van der Waals surface area (Å²) >= 11 is 10.5. The fourth-order valence-electron chi connectivity index (χ4n) is 2.06. The molecule has 3 nitrogen and oxygen atoms in total. The topological polar surface area (TPSA) is 37.9 Å². The van der Waals surface area contributed by atoms with Crippen LogP contribution in [-0.2, 0) is 23.5 Å². The maximum Gasteiger partial charge on any atom is 0.135 e. The van der Waals surface area contributed by atoms with Gasteiger partial charge in [-0.3, -0.25) is 0 Å². The van der Waals surface area contributed by atoms with Crippen molar-refractivity contribution in [2.45, 2.75) is 23.7 Å². The molecule has 1 aliphatic rings. The van der Waals surface area contributed by atoms with Crippen molar-refractivity contribution in [3.05, 3.63) is 50.5 Å². The van der Waals surface area contributed by atoms with Crippen LogP contribution >= 0.6 is 39.9 Å². The number of H-pyrrole nitrogens is 1. The van der Waals surface area contributed by atoms with E-state index in [0.29, 0.717) is 11.2 Å². The Balaban J connectivity index is 1.76. The molecule has 20 heavy (non-hydrogen) atoms. The van der Waals surface area contributed by atoms with Crippen LogP contribution in [0.5, 0.6) is 0 Å². The van der Waals surface area contributed by atoms with Crippen LogP contribution in [0.1, 0.15) is 17.1 Å². The van der Waals surface area contributed by atoms with E-state index in [9.17, 15) is 0 Å². The van der Waals surface area contributed by atoms with Gasteiger partial charge in [0.2, 0.25) is 0 Å². The molecule has 1 N–H and O–H groups in total. The van der Waals surface area contributed by atoms with Gasteiger partial charge in [-0.05, 0) is 24.3 Å². The van der Waals surface area contributed by atoms with E-state index >= 15 is 0 Å². The summed E-state index contributed by atoms with van der Waals surface area (Å²) < 4.78 is 7.18. The largest absolute Gasteiger partial charge is 0.376 e. The standard InChI is InChI=1S/C14H13BrN2OS2/c15-9-1-3-10(4-2-9)20-8-13-16-12-5-6-18-7-11(12)14(19)17-13/h1-4H,5-8H2,(H,16,17,19). The fraction of sp³-hybridized carbons (Fsp3) is 0.286. The molecule has 3 rings (SSSR count). The van der Waals surface area contributed by atoms with Crippen molar-refractivity contribution in [2.75, 3.05) is 6.61 Å². The molecule has 0 fully saturated rings. The van der Waals surface area contributed by atoms with Crippen LogP contribution < -0.4 is 0 Å². The number of nitrogens with zero attached hydrogens (tertiary/aromatic N) is 1. The molecule has 1 aliphatic heterocycles.